The fraction of sp³-hybridized carbons (Fsp3) is 0.500. The van der Waals surface area contributed by atoms with Crippen molar-refractivity contribution in [1.82, 2.24) is 18.3 Å². The Kier molecular flexibility index (Phi) is 7.84. The first-order valence-electron chi connectivity index (χ1n) is 13.5. The van der Waals surface area contributed by atoms with Gasteiger partial charge in [-0.05, 0) is 87.2 Å². The fourth-order valence-corrected chi connectivity index (χ4v) is 7.01. The maximum Gasteiger partial charge on any atom is 0.330 e. The number of fused-ring (bicyclic) bond motifs is 3. The van der Waals surface area contributed by atoms with E-state index in [9.17, 15) is 18.0 Å². The molecule has 3 aromatic rings. The minimum atomic E-state index is -3.83. The van der Waals surface area contributed by atoms with E-state index >= 15 is 0 Å². The molecule has 2 aromatic carbocycles. The smallest absolute Gasteiger partial charge is 0.330 e. The van der Waals surface area contributed by atoms with Gasteiger partial charge in [-0.3, -0.25) is 13.9 Å². The second kappa shape index (κ2) is 11.1. The van der Waals surface area contributed by atoms with Gasteiger partial charge in [-0.25, -0.2) is 13.2 Å². The Morgan fingerprint density at radius 2 is 1.44 bits per heavy atom. The Balaban J connectivity index is 1.37. The number of rotatable bonds is 2. The summed E-state index contributed by atoms with van der Waals surface area (Å²) in [5.41, 5.74) is 1.96. The number of hydrogen-bond donors (Lipinski definition) is 0. The van der Waals surface area contributed by atoms with Crippen LogP contribution in [-0.2, 0) is 37.1 Å². The Labute approximate surface area is 228 Å². The largest absolute Gasteiger partial charge is 0.454 e. The molecular formula is C28H36N4O6S. The molecule has 0 atom stereocenters. The molecule has 0 radical (unpaired) electrons. The molecule has 5 rings (SSSR count). The summed E-state index contributed by atoms with van der Waals surface area (Å²) in [6, 6.07) is 8.65. The van der Waals surface area contributed by atoms with E-state index in [0.29, 0.717) is 18.6 Å². The topological polar surface area (TPSA) is 103 Å². The SMILES string of the molecule is CN1CCCCN(S(=O)(=O)c2ccc3c(c2)c(=O)n(C)c(=O)n3C)CCCCCc2cc3c(cc2C1)OCO3. The number of aryl methyl sites for hydroxylation is 2. The van der Waals surface area contributed by atoms with E-state index < -0.39 is 21.3 Å². The number of ether oxygens (including phenoxy) is 2. The lowest BCUT2D eigenvalue weighted by molar-refractivity contribution is 0.174. The van der Waals surface area contributed by atoms with Gasteiger partial charge in [0.2, 0.25) is 16.8 Å². The van der Waals surface area contributed by atoms with Crippen LogP contribution in [-0.4, -0.2) is 60.2 Å². The molecule has 3 heterocycles. The Bertz CT molecular complexity index is 1610. The van der Waals surface area contributed by atoms with Crippen LogP contribution >= 0.6 is 0 Å². The van der Waals surface area contributed by atoms with Crippen LogP contribution in [0, 0.1) is 0 Å². The maximum absolute atomic E-state index is 13.8. The van der Waals surface area contributed by atoms with Crippen molar-refractivity contribution in [2.75, 3.05) is 33.5 Å². The third-order valence-corrected chi connectivity index (χ3v) is 9.66. The molecule has 210 valence electrons. The molecule has 0 unspecified atom stereocenters. The Morgan fingerprint density at radius 1 is 0.769 bits per heavy atom. The third kappa shape index (κ3) is 5.48. The van der Waals surface area contributed by atoms with E-state index in [0.717, 1.165) is 67.7 Å². The van der Waals surface area contributed by atoms with Crippen LogP contribution in [0.1, 0.15) is 43.2 Å². The molecule has 0 aliphatic carbocycles. The number of hydrogen-bond acceptors (Lipinski definition) is 7. The van der Waals surface area contributed by atoms with Gasteiger partial charge in [0.1, 0.15) is 0 Å². The molecular weight excluding hydrogens is 520 g/mol. The van der Waals surface area contributed by atoms with Gasteiger partial charge in [0.05, 0.1) is 15.8 Å². The van der Waals surface area contributed by atoms with Crippen LogP contribution in [0.5, 0.6) is 11.5 Å². The minimum Gasteiger partial charge on any atom is -0.454 e. The highest BCUT2D eigenvalue weighted by Crippen LogP contribution is 2.36. The molecule has 11 heteroatoms. The zero-order chi connectivity index (χ0) is 27.7. The van der Waals surface area contributed by atoms with Crippen LogP contribution in [0.15, 0.2) is 44.8 Å². The molecule has 1 aromatic heterocycles. The summed E-state index contributed by atoms with van der Waals surface area (Å²) in [5.74, 6) is 1.60. The van der Waals surface area contributed by atoms with E-state index in [1.54, 1.807) is 17.4 Å². The molecule has 2 aliphatic heterocycles. The van der Waals surface area contributed by atoms with E-state index in [2.05, 4.69) is 24.1 Å². The van der Waals surface area contributed by atoms with Gasteiger partial charge in [-0.15, -0.1) is 0 Å². The average Bonchev–Trinajstić information content (AvgIpc) is 3.38. The monoisotopic (exact) mass is 556 g/mol. The molecule has 0 N–H and O–H groups in total. The lowest BCUT2D eigenvalue weighted by Gasteiger charge is -2.24. The molecule has 39 heavy (non-hydrogen) atoms. The van der Waals surface area contributed by atoms with Gasteiger partial charge in [-0.2, -0.15) is 4.31 Å². The van der Waals surface area contributed by atoms with E-state index in [1.807, 2.05) is 0 Å². The normalized spacial score (nSPS) is 18.1. The summed E-state index contributed by atoms with van der Waals surface area (Å²) in [6.07, 6.45) is 5.02. The maximum atomic E-state index is 13.8. The summed E-state index contributed by atoms with van der Waals surface area (Å²) >= 11 is 0. The van der Waals surface area contributed by atoms with Crippen molar-refractivity contribution in [1.29, 1.82) is 0 Å². The average molecular weight is 557 g/mol. The highest BCUT2D eigenvalue weighted by Gasteiger charge is 2.25. The van der Waals surface area contributed by atoms with E-state index in [1.165, 1.54) is 34.9 Å². The fourth-order valence-electron chi connectivity index (χ4n) is 5.46. The molecule has 0 fully saturated rings. The van der Waals surface area contributed by atoms with Gasteiger partial charge < -0.3 is 14.4 Å². The van der Waals surface area contributed by atoms with Crippen molar-refractivity contribution in [3.05, 3.63) is 62.3 Å². The van der Waals surface area contributed by atoms with Gasteiger partial charge in [0.15, 0.2) is 11.5 Å². The van der Waals surface area contributed by atoms with Crippen molar-refractivity contribution < 1.29 is 17.9 Å². The van der Waals surface area contributed by atoms with Crippen LogP contribution < -0.4 is 20.7 Å². The third-order valence-electron chi connectivity index (χ3n) is 7.76. The van der Waals surface area contributed by atoms with Crippen LogP contribution in [0.2, 0.25) is 0 Å². The first kappa shape index (κ1) is 27.4. The van der Waals surface area contributed by atoms with Crippen LogP contribution in [0.25, 0.3) is 10.9 Å². The number of benzene rings is 2. The minimum absolute atomic E-state index is 0.0778. The van der Waals surface area contributed by atoms with Gasteiger partial charge in [0.25, 0.3) is 5.56 Å². The zero-order valence-corrected chi connectivity index (χ0v) is 23.6. The second-order valence-electron chi connectivity index (χ2n) is 10.5. The Hall–Kier alpha value is -3.15. The highest BCUT2D eigenvalue weighted by molar-refractivity contribution is 7.89. The number of aromatic nitrogens is 2. The molecule has 10 nitrogen and oxygen atoms in total. The summed E-state index contributed by atoms with van der Waals surface area (Å²) in [5, 5.41) is 0.212. The van der Waals surface area contributed by atoms with Crippen LogP contribution in [0.4, 0.5) is 0 Å². The van der Waals surface area contributed by atoms with Crippen molar-refractivity contribution in [3.63, 3.8) is 0 Å². The first-order chi connectivity index (χ1) is 18.7. The standard InChI is InChI=1S/C28H36N4O6S/c1-29-12-7-8-14-32(13-6-4-5-9-20-15-25-26(38-19-37-25)16-21(20)18-29)39(35,36)22-10-11-24-23(17-22)27(33)31(3)28(34)30(24)2/h10-11,15-17H,4-9,12-14,18-19H2,1-3H3. The number of sulfonamides is 1. The predicted octanol–water partition coefficient (Wildman–Crippen LogP) is 2.60. The molecule has 0 spiro atoms. The highest BCUT2D eigenvalue weighted by atomic mass is 32.2. The lowest BCUT2D eigenvalue weighted by Crippen LogP contribution is -2.37. The van der Waals surface area contributed by atoms with Gasteiger partial charge in [0, 0.05) is 33.7 Å². The summed E-state index contributed by atoms with van der Waals surface area (Å²) in [4.78, 5) is 27.4. The van der Waals surface area contributed by atoms with Gasteiger partial charge >= 0.3 is 5.69 Å². The van der Waals surface area contributed by atoms with Crippen molar-refractivity contribution in [2.24, 2.45) is 14.1 Å². The van der Waals surface area contributed by atoms with Crippen molar-refractivity contribution in [2.45, 2.75) is 50.0 Å². The number of nitrogens with zero attached hydrogens (tertiary/aromatic N) is 4. The van der Waals surface area contributed by atoms with E-state index in [4.69, 9.17) is 9.47 Å². The van der Waals surface area contributed by atoms with Crippen molar-refractivity contribution in [3.8, 4) is 11.5 Å². The summed E-state index contributed by atoms with van der Waals surface area (Å²) in [6.45, 7) is 2.71. The Morgan fingerprint density at radius 3 is 2.18 bits per heavy atom. The molecule has 0 bridgehead atoms. The van der Waals surface area contributed by atoms with Gasteiger partial charge in [-0.1, -0.05) is 6.42 Å². The quantitative estimate of drug-likeness (QED) is 0.478. The molecule has 0 saturated carbocycles. The summed E-state index contributed by atoms with van der Waals surface area (Å²) in [7, 11) is 1.23. The zero-order valence-electron chi connectivity index (χ0n) is 22.8. The second-order valence-corrected chi connectivity index (χ2v) is 12.5. The first-order valence-corrected chi connectivity index (χ1v) is 14.9. The van der Waals surface area contributed by atoms with E-state index in [-0.39, 0.29) is 17.1 Å². The molecule has 0 amide bonds. The van der Waals surface area contributed by atoms with Crippen LogP contribution in [0.3, 0.4) is 0 Å². The summed E-state index contributed by atoms with van der Waals surface area (Å²) < 4.78 is 42.6. The molecule has 0 saturated heterocycles. The van der Waals surface area contributed by atoms with Crippen molar-refractivity contribution >= 4 is 20.9 Å². The molecule has 2 aliphatic rings. The lowest BCUT2D eigenvalue weighted by atomic mass is 9.99. The predicted molar refractivity (Wildman–Crippen MR) is 149 cm³/mol.